The van der Waals surface area contributed by atoms with E-state index >= 15 is 0 Å². The predicted molar refractivity (Wildman–Crippen MR) is 67.5 cm³/mol. The van der Waals surface area contributed by atoms with Crippen LogP contribution >= 0.6 is 11.5 Å². The maximum absolute atomic E-state index is 11.4. The molecule has 0 atom stereocenters. The molecule has 0 aliphatic heterocycles. The van der Waals surface area contributed by atoms with E-state index in [1.807, 2.05) is 34.9 Å². The number of hydrogen-bond donors (Lipinski definition) is 1. The van der Waals surface area contributed by atoms with Gasteiger partial charge in [0, 0.05) is 17.8 Å². The van der Waals surface area contributed by atoms with Crippen molar-refractivity contribution in [2.45, 2.75) is 0 Å². The molecule has 2 heterocycles. The zero-order valence-corrected chi connectivity index (χ0v) is 9.65. The fourth-order valence-corrected chi connectivity index (χ4v) is 2.48. The Hall–Kier alpha value is -2.14. The molecular formula is C12H9N3OS. The van der Waals surface area contributed by atoms with Crippen LogP contribution in [0.2, 0.25) is 0 Å². The third-order valence-corrected chi connectivity index (χ3v) is 3.39. The van der Waals surface area contributed by atoms with Crippen molar-refractivity contribution >= 4 is 28.3 Å². The molecule has 1 amide bonds. The number of fused-ring (bicyclic) bond motifs is 1. The second-order valence-electron chi connectivity index (χ2n) is 3.64. The minimum atomic E-state index is -0.413. The van der Waals surface area contributed by atoms with Crippen LogP contribution in [-0.4, -0.2) is 14.8 Å². The van der Waals surface area contributed by atoms with Gasteiger partial charge < -0.3 is 10.3 Å². The molecular weight excluding hydrogens is 234 g/mol. The van der Waals surface area contributed by atoms with Crippen LogP contribution in [0.4, 0.5) is 0 Å². The number of carbonyl (C=O) groups excluding carboxylic acids is 1. The van der Waals surface area contributed by atoms with Crippen molar-refractivity contribution in [3.8, 4) is 5.00 Å². The first kappa shape index (κ1) is 10.0. The van der Waals surface area contributed by atoms with Gasteiger partial charge in [-0.1, -0.05) is 18.2 Å². The number of rotatable bonds is 2. The van der Waals surface area contributed by atoms with Crippen molar-refractivity contribution < 1.29 is 4.79 Å². The van der Waals surface area contributed by atoms with E-state index in [1.54, 1.807) is 12.4 Å². The average Bonchev–Trinajstić information content (AvgIpc) is 2.95. The summed E-state index contributed by atoms with van der Waals surface area (Å²) >= 11 is 1.38. The zero-order valence-electron chi connectivity index (χ0n) is 8.83. The van der Waals surface area contributed by atoms with Gasteiger partial charge in [-0.15, -0.1) is 0 Å². The topological polar surface area (TPSA) is 60.9 Å². The van der Waals surface area contributed by atoms with Gasteiger partial charge in [-0.05, 0) is 23.7 Å². The smallest absolute Gasteiger partial charge is 0.250 e. The number of hydrogen-bond acceptors (Lipinski definition) is 3. The molecule has 2 N–H and O–H groups in total. The normalized spacial score (nSPS) is 10.8. The molecule has 0 aliphatic carbocycles. The molecule has 0 spiro atoms. The largest absolute Gasteiger partial charge is 0.366 e. The summed E-state index contributed by atoms with van der Waals surface area (Å²) in [6.07, 6.45) is 3.50. The van der Waals surface area contributed by atoms with E-state index in [9.17, 15) is 4.79 Å². The fourth-order valence-electron chi connectivity index (χ4n) is 1.89. The lowest BCUT2D eigenvalue weighted by molar-refractivity contribution is 0.100. The highest BCUT2D eigenvalue weighted by molar-refractivity contribution is 7.08. The molecule has 4 nitrogen and oxygen atoms in total. The number of aromatic nitrogens is 2. The molecule has 3 aromatic rings. The van der Waals surface area contributed by atoms with Crippen molar-refractivity contribution in [2.75, 3.05) is 0 Å². The van der Waals surface area contributed by atoms with Gasteiger partial charge in [0.05, 0.1) is 11.1 Å². The van der Waals surface area contributed by atoms with Crippen molar-refractivity contribution in [3.05, 3.63) is 48.3 Å². The summed E-state index contributed by atoms with van der Waals surface area (Å²) in [5, 5.41) is 1.84. The first-order valence-corrected chi connectivity index (χ1v) is 5.85. The SMILES string of the molecule is NC(=O)c1cn(-c2ccns2)c2ccccc12. The maximum atomic E-state index is 11.4. The highest BCUT2D eigenvalue weighted by atomic mass is 32.1. The van der Waals surface area contributed by atoms with E-state index in [0.29, 0.717) is 5.56 Å². The lowest BCUT2D eigenvalue weighted by atomic mass is 10.2. The quantitative estimate of drug-likeness (QED) is 0.750. The van der Waals surface area contributed by atoms with Crippen LogP contribution in [0.3, 0.4) is 0 Å². The molecule has 2 aromatic heterocycles. The van der Waals surface area contributed by atoms with Crippen molar-refractivity contribution in [3.63, 3.8) is 0 Å². The summed E-state index contributed by atoms with van der Waals surface area (Å²) in [6, 6.07) is 9.59. The number of primary amides is 1. The van der Waals surface area contributed by atoms with Gasteiger partial charge in [0.25, 0.3) is 5.91 Å². The Labute approximate surface area is 101 Å². The molecule has 0 saturated heterocycles. The summed E-state index contributed by atoms with van der Waals surface area (Å²) < 4.78 is 6.00. The number of amides is 1. The first-order valence-electron chi connectivity index (χ1n) is 5.08. The zero-order chi connectivity index (χ0) is 11.8. The van der Waals surface area contributed by atoms with E-state index in [1.165, 1.54) is 11.5 Å². The highest BCUT2D eigenvalue weighted by Crippen LogP contribution is 2.25. The third-order valence-electron chi connectivity index (χ3n) is 2.64. The molecule has 0 fully saturated rings. The lowest BCUT2D eigenvalue weighted by Gasteiger charge is -1.99. The summed E-state index contributed by atoms with van der Waals surface area (Å²) in [4.78, 5) is 11.4. The van der Waals surface area contributed by atoms with Gasteiger partial charge in [0.2, 0.25) is 0 Å². The van der Waals surface area contributed by atoms with Gasteiger partial charge in [-0.25, -0.2) is 0 Å². The number of benzene rings is 1. The Bertz CT molecular complexity index is 685. The second-order valence-corrected chi connectivity index (χ2v) is 4.46. The Morgan fingerprint density at radius 1 is 1.29 bits per heavy atom. The Morgan fingerprint density at radius 3 is 2.82 bits per heavy atom. The summed E-state index contributed by atoms with van der Waals surface area (Å²) in [6.45, 7) is 0. The van der Waals surface area contributed by atoms with E-state index < -0.39 is 5.91 Å². The first-order chi connectivity index (χ1) is 8.27. The average molecular weight is 243 g/mol. The van der Waals surface area contributed by atoms with Gasteiger partial charge >= 0.3 is 0 Å². The molecule has 1 aromatic carbocycles. The molecule has 0 bridgehead atoms. The van der Waals surface area contributed by atoms with E-state index in [2.05, 4.69) is 4.37 Å². The highest BCUT2D eigenvalue weighted by Gasteiger charge is 2.13. The molecule has 3 rings (SSSR count). The van der Waals surface area contributed by atoms with Gasteiger partial charge in [0.15, 0.2) is 0 Å². The Balaban J connectivity index is 2.37. The summed E-state index contributed by atoms with van der Waals surface area (Å²) in [7, 11) is 0. The fraction of sp³-hybridized carbons (Fsp3) is 0. The number of nitrogens with zero attached hydrogens (tertiary/aromatic N) is 2. The van der Waals surface area contributed by atoms with Crippen LogP contribution in [0.5, 0.6) is 0 Å². The van der Waals surface area contributed by atoms with Gasteiger partial charge in [-0.3, -0.25) is 4.79 Å². The van der Waals surface area contributed by atoms with E-state index in [0.717, 1.165) is 15.9 Å². The maximum Gasteiger partial charge on any atom is 0.250 e. The molecule has 17 heavy (non-hydrogen) atoms. The standard InChI is InChI=1S/C12H9N3OS/c13-12(16)9-7-15(11-5-6-14-17-11)10-4-2-1-3-8(9)10/h1-7H,(H2,13,16). The minimum absolute atomic E-state index is 0.413. The molecule has 0 saturated carbocycles. The second kappa shape index (κ2) is 3.71. The Kier molecular flexibility index (Phi) is 2.19. The van der Waals surface area contributed by atoms with Crippen LogP contribution in [0, 0.1) is 0 Å². The van der Waals surface area contributed by atoms with E-state index in [-0.39, 0.29) is 0 Å². The van der Waals surface area contributed by atoms with Gasteiger partial charge in [-0.2, -0.15) is 4.37 Å². The number of para-hydroxylation sites is 1. The van der Waals surface area contributed by atoms with Crippen LogP contribution < -0.4 is 5.73 Å². The Morgan fingerprint density at radius 2 is 2.12 bits per heavy atom. The minimum Gasteiger partial charge on any atom is -0.366 e. The molecule has 5 heteroatoms. The van der Waals surface area contributed by atoms with Crippen molar-refractivity contribution in [1.82, 2.24) is 8.94 Å². The van der Waals surface area contributed by atoms with Crippen LogP contribution in [0.15, 0.2) is 42.7 Å². The third kappa shape index (κ3) is 1.52. The predicted octanol–water partition coefficient (Wildman–Crippen LogP) is 2.19. The molecule has 0 radical (unpaired) electrons. The van der Waals surface area contributed by atoms with Crippen LogP contribution in [0.1, 0.15) is 10.4 Å². The lowest BCUT2D eigenvalue weighted by Crippen LogP contribution is -2.10. The van der Waals surface area contributed by atoms with Crippen molar-refractivity contribution in [1.29, 1.82) is 0 Å². The summed E-state index contributed by atoms with van der Waals surface area (Å²) in [5.74, 6) is -0.413. The van der Waals surface area contributed by atoms with Crippen molar-refractivity contribution in [2.24, 2.45) is 5.73 Å². The van der Waals surface area contributed by atoms with Gasteiger partial charge in [0.1, 0.15) is 5.00 Å². The van der Waals surface area contributed by atoms with Crippen LogP contribution in [0.25, 0.3) is 15.9 Å². The molecule has 84 valence electrons. The molecule has 0 aliphatic rings. The van der Waals surface area contributed by atoms with E-state index in [4.69, 9.17) is 5.73 Å². The summed E-state index contributed by atoms with van der Waals surface area (Å²) in [5.41, 5.74) is 6.88. The number of carbonyl (C=O) groups is 1. The van der Waals surface area contributed by atoms with Crippen LogP contribution in [-0.2, 0) is 0 Å². The monoisotopic (exact) mass is 243 g/mol. The number of nitrogens with two attached hydrogens (primary N) is 1. The molecule has 0 unspecified atom stereocenters.